The molecular weight excluding hydrogens is 386 g/mol. The summed E-state index contributed by atoms with van der Waals surface area (Å²) in [6.45, 7) is 4.48. The van der Waals surface area contributed by atoms with E-state index in [0.717, 1.165) is 44.6 Å². The van der Waals surface area contributed by atoms with E-state index >= 15 is 0 Å². The van der Waals surface area contributed by atoms with Crippen molar-refractivity contribution >= 4 is 10.9 Å². The van der Waals surface area contributed by atoms with Crippen LogP contribution in [0.3, 0.4) is 0 Å². The molecule has 0 aliphatic rings. The van der Waals surface area contributed by atoms with E-state index in [1.807, 2.05) is 37.3 Å². The molecule has 0 aliphatic heterocycles. The third kappa shape index (κ3) is 3.88. The predicted molar refractivity (Wildman–Crippen MR) is 121 cm³/mol. The molecular formula is C25H21N5O. The minimum atomic E-state index is 0.423. The summed E-state index contributed by atoms with van der Waals surface area (Å²) in [6, 6.07) is 24.6. The molecule has 2 heterocycles. The second-order valence-electron chi connectivity index (χ2n) is 7.55. The molecule has 0 atom stereocenters. The first-order chi connectivity index (χ1) is 15.2. The number of pyridine rings is 1. The monoisotopic (exact) mass is 407 g/mol. The van der Waals surface area contributed by atoms with Gasteiger partial charge in [-0.25, -0.2) is 0 Å². The minimum Gasteiger partial charge on any atom is -0.488 e. The maximum absolute atomic E-state index is 6.25. The molecule has 0 fully saturated rings. The highest BCUT2D eigenvalue weighted by Gasteiger charge is 2.13. The van der Waals surface area contributed by atoms with E-state index in [1.165, 1.54) is 5.56 Å². The summed E-state index contributed by atoms with van der Waals surface area (Å²) >= 11 is 0. The molecule has 2 aromatic heterocycles. The lowest BCUT2D eigenvalue weighted by molar-refractivity contribution is 0.309. The van der Waals surface area contributed by atoms with Gasteiger partial charge in [-0.3, -0.25) is 4.98 Å². The lowest BCUT2D eigenvalue weighted by Crippen LogP contribution is -1.99. The fourth-order valence-electron chi connectivity index (χ4n) is 3.73. The van der Waals surface area contributed by atoms with Crippen LogP contribution in [0.25, 0.3) is 33.4 Å². The van der Waals surface area contributed by atoms with Crippen molar-refractivity contribution in [2.24, 2.45) is 0 Å². The van der Waals surface area contributed by atoms with Crippen LogP contribution >= 0.6 is 0 Å². The van der Waals surface area contributed by atoms with Crippen molar-refractivity contribution in [2.75, 3.05) is 0 Å². The number of nitrogens with one attached hydrogen (secondary N) is 1. The largest absolute Gasteiger partial charge is 0.488 e. The molecule has 31 heavy (non-hydrogen) atoms. The molecule has 5 rings (SSSR count). The Bertz CT molecular complexity index is 1350. The lowest BCUT2D eigenvalue weighted by atomic mass is 9.97. The van der Waals surface area contributed by atoms with Gasteiger partial charge in [-0.05, 0) is 54.0 Å². The maximum atomic E-state index is 6.25. The summed E-state index contributed by atoms with van der Waals surface area (Å²) in [6.07, 6.45) is 0. The van der Waals surface area contributed by atoms with Crippen LogP contribution < -0.4 is 4.74 Å². The smallest absolute Gasteiger partial charge is 0.205 e. The van der Waals surface area contributed by atoms with Crippen LogP contribution in [0.1, 0.15) is 16.8 Å². The number of ether oxygens (including phenoxy) is 1. The molecule has 3 aromatic carbocycles. The summed E-state index contributed by atoms with van der Waals surface area (Å²) in [7, 11) is 0. The van der Waals surface area contributed by atoms with Gasteiger partial charge in [0.25, 0.3) is 0 Å². The molecule has 0 saturated heterocycles. The number of aryl methyl sites for hydroxylation is 2. The van der Waals surface area contributed by atoms with Gasteiger partial charge in [0.15, 0.2) is 0 Å². The summed E-state index contributed by atoms with van der Waals surface area (Å²) in [5, 5.41) is 15.7. The summed E-state index contributed by atoms with van der Waals surface area (Å²) < 4.78 is 6.25. The van der Waals surface area contributed by atoms with E-state index in [-0.39, 0.29) is 0 Å². The van der Waals surface area contributed by atoms with Gasteiger partial charge in [0, 0.05) is 22.7 Å². The van der Waals surface area contributed by atoms with Crippen molar-refractivity contribution in [3.8, 4) is 28.3 Å². The summed E-state index contributed by atoms with van der Waals surface area (Å²) in [5.74, 6) is 1.39. The molecule has 0 saturated carbocycles. The number of H-pyrrole nitrogens is 1. The molecule has 0 spiro atoms. The Morgan fingerprint density at radius 1 is 0.871 bits per heavy atom. The van der Waals surface area contributed by atoms with Crippen LogP contribution in [0, 0.1) is 13.8 Å². The molecule has 0 aliphatic carbocycles. The van der Waals surface area contributed by atoms with Gasteiger partial charge in [0.2, 0.25) is 5.82 Å². The highest BCUT2D eigenvalue weighted by molar-refractivity contribution is 5.86. The number of fused-ring (bicyclic) bond motifs is 1. The molecule has 0 unspecified atom stereocenters. The summed E-state index contributed by atoms with van der Waals surface area (Å²) in [4.78, 5) is 4.62. The van der Waals surface area contributed by atoms with Crippen LogP contribution in [0.4, 0.5) is 0 Å². The van der Waals surface area contributed by atoms with E-state index in [0.29, 0.717) is 12.4 Å². The SMILES string of the molecule is Cc1ccc2nc(C)cc(OCc3ccc(-c4ccccc4)c(-c4nn[nH]n4)c3)c2c1. The lowest BCUT2D eigenvalue weighted by Gasteiger charge is -2.13. The van der Waals surface area contributed by atoms with Crippen LogP contribution in [0.15, 0.2) is 72.8 Å². The van der Waals surface area contributed by atoms with Gasteiger partial charge in [-0.2, -0.15) is 5.21 Å². The molecule has 0 bridgehead atoms. The van der Waals surface area contributed by atoms with Crippen molar-refractivity contribution in [1.29, 1.82) is 0 Å². The van der Waals surface area contributed by atoms with Crippen LogP contribution in [-0.4, -0.2) is 25.6 Å². The Kier molecular flexibility index (Phi) is 4.88. The van der Waals surface area contributed by atoms with Crippen molar-refractivity contribution in [2.45, 2.75) is 20.5 Å². The first kappa shape index (κ1) is 18.9. The van der Waals surface area contributed by atoms with Gasteiger partial charge in [-0.1, -0.05) is 54.1 Å². The Morgan fingerprint density at radius 3 is 2.55 bits per heavy atom. The van der Waals surface area contributed by atoms with Gasteiger partial charge >= 0.3 is 0 Å². The van der Waals surface area contributed by atoms with Crippen LogP contribution in [0.5, 0.6) is 5.75 Å². The highest BCUT2D eigenvalue weighted by Crippen LogP contribution is 2.32. The van der Waals surface area contributed by atoms with Gasteiger partial charge in [0.1, 0.15) is 12.4 Å². The molecule has 0 radical (unpaired) electrons. The second-order valence-corrected chi connectivity index (χ2v) is 7.55. The number of benzene rings is 3. The molecule has 1 N–H and O–H groups in total. The molecule has 0 amide bonds. The molecule has 5 aromatic rings. The normalized spacial score (nSPS) is 11.0. The zero-order valence-corrected chi connectivity index (χ0v) is 17.3. The Balaban J connectivity index is 1.50. The maximum Gasteiger partial charge on any atom is 0.205 e. The Morgan fingerprint density at radius 2 is 1.74 bits per heavy atom. The molecule has 152 valence electrons. The average Bonchev–Trinajstić information content (AvgIpc) is 3.33. The standard InChI is InChI=1S/C25H21N5O/c1-16-8-11-23-22(12-16)24(13-17(2)26-23)31-15-18-9-10-20(19-6-4-3-5-7-19)21(14-18)25-27-29-30-28-25/h3-14H,15H2,1-2H3,(H,27,28,29,30). The second kappa shape index (κ2) is 7.99. The molecule has 6 heteroatoms. The first-order valence-corrected chi connectivity index (χ1v) is 10.1. The number of hydrogen-bond donors (Lipinski definition) is 1. The number of rotatable bonds is 5. The number of aromatic nitrogens is 5. The highest BCUT2D eigenvalue weighted by atomic mass is 16.5. The minimum absolute atomic E-state index is 0.423. The van der Waals surface area contributed by atoms with Crippen molar-refractivity contribution < 1.29 is 4.74 Å². The zero-order valence-electron chi connectivity index (χ0n) is 17.3. The van der Waals surface area contributed by atoms with Crippen LogP contribution in [-0.2, 0) is 6.61 Å². The number of hydrogen-bond acceptors (Lipinski definition) is 5. The third-order valence-corrected chi connectivity index (χ3v) is 5.20. The van der Waals surface area contributed by atoms with Crippen molar-refractivity contribution in [3.63, 3.8) is 0 Å². The van der Waals surface area contributed by atoms with E-state index in [2.05, 4.69) is 75.0 Å². The van der Waals surface area contributed by atoms with Gasteiger partial charge < -0.3 is 4.74 Å². The zero-order chi connectivity index (χ0) is 21.2. The third-order valence-electron chi connectivity index (χ3n) is 5.20. The topological polar surface area (TPSA) is 76.6 Å². The Hall–Kier alpha value is -4.06. The molecule has 6 nitrogen and oxygen atoms in total. The van der Waals surface area contributed by atoms with E-state index in [4.69, 9.17) is 4.74 Å². The van der Waals surface area contributed by atoms with E-state index < -0.39 is 0 Å². The summed E-state index contributed by atoms with van der Waals surface area (Å²) in [5.41, 5.74) is 7.12. The number of nitrogens with zero attached hydrogens (tertiary/aromatic N) is 4. The fourth-order valence-corrected chi connectivity index (χ4v) is 3.73. The fraction of sp³-hybridized carbons (Fsp3) is 0.120. The van der Waals surface area contributed by atoms with E-state index in [1.54, 1.807) is 0 Å². The van der Waals surface area contributed by atoms with Crippen LogP contribution in [0.2, 0.25) is 0 Å². The quantitative estimate of drug-likeness (QED) is 0.429. The number of tetrazole rings is 1. The average molecular weight is 407 g/mol. The van der Waals surface area contributed by atoms with Crippen molar-refractivity contribution in [3.05, 3.63) is 89.6 Å². The van der Waals surface area contributed by atoms with Gasteiger partial charge in [0.05, 0.1) is 5.52 Å². The number of aromatic amines is 1. The first-order valence-electron chi connectivity index (χ1n) is 10.1. The Labute approximate surface area is 179 Å². The predicted octanol–water partition coefficient (Wildman–Crippen LogP) is 5.28. The van der Waals surface area contributed by atoms with Gasteiger partial charge in [-0.15, -0.1) is 10.2 Å². The van der Waals surface area contributed by atoms with E-state index in [9.17, 15) is 0 Å². The van der Waals surface area contributed by atoms with Crippen molar-refractivity contribution in [1.82, 2.24) is 25.6 Å².